The SMILES string of the molecule is Cc1ccc(CNc2ccc(N(C)C)cc2C)c(C)c1. The lowest BCUT2D eigenvalue weighted by Gasteiger charge is -2.16. The average molecular weight is 268 g/mol. The van der Waals surface area contributed by atoms with Crippen LogP contribution in [0.1, 0.15) is 22.3 Å². The highest BCUT2D eigenvalue weighted by atomic mass is 15.1. The summed E-state index contributed by atoms with van der Waals surface area (Å²) < 4.78 is 0. The molecule has 0 saturated carbocycles. The summed E-state index contributed by atoms with van der Waals surface area (Å²) in [4.78, 5) is 2.13. The van der Waals surface area contributed by atoms with Crippen LogP contribution in [0.25, 0.3) is 0 Å². The third kappa shape index (κ3) is 3.32. The van der Waals surface area contributed by atoms with E-state index in [0.29, 0.717) is 0 Å². The van der Waals surface area contributed by atoms with Gasteiger partial charge in [-0.15, -0.1) is 0 Å². The molecule has 0 unspecified atom stereocenters. The molecule has 0 saturated heterocycles. The first-order valence-electron chi connectivity index (χ1n) is 7.05. The summed E-state index contributed by atoms with van der Waals surface area (Å²) in [5, 5.41) is 3.54. The van der Waals surface area contributed by atoms with Gasteiger partial charge in [0.2, 0.25) is 0 Å². The second-order valence-electron chi connectivity index (χ2n) is 5.68. The number of hydrogen-bond acceptors (Lipinski definition) is 2. The van der Waals surface area contributed by atoms with Crippen molar-refractivity contribution in [1.82, 2.24) is 0 Å². The van der Waals surface area contributed by atoms with E-state index in [1.807, 2.05) is 0 Å². The van der Waals surface area contributed by atoms with Gasteiger partial charge in [0, 0.05) is 32.0 Å². The van der Waals surface area contributed by atoms with Crippen molar-refractivity contribution in [2.45, 2.75) is 27.3 Å². The van der Waals surface area contributed by atoms with Gasteiger partial charge in [-0.2, -0.15) is 0 Å². The van der Waals surface area contributed by atoms with Gasteiger partial charge in [-0.05, 0) is 55.7 Å². The Morgan fingerprint density at radius 1 is 0.900 bits per heavy atom. The first-order chi connectivity index (χ1) is 9.47. The Kier molecular flexibility index (Phi) is 4.33. The van der Waals surface area contributed by atoms with Gasteiger partial charge < -0.3 is 10.2 Å². The Hall–Kier alpha value is -1.96. The van der Waals surface area contributed by atoms with Crippen molar-refractivity contribution in [3.05, 3.63) is 58.7 Å². The number of aryl methyl sites for hydroxylation is 3. The fraction of sp³-hybridized carbons (Fsp3) is 0.333. The fourth-order valence-corrected chi connectivity index (χ4v) is 2.36. The largest absolute Gasteiger partial charge is 0.381 e. The van der Waals surface area contributed by atoms with E-state index >= 15 is 0 Å². The van der Waals surface area contributed by atoms with E-state index in [-0.39, 0.29) is 0 Å². The second-order valence-corrected chi connectivity index (χ2v) is 5.68. The molecule has 0 fully saturated rings. The summed E-state index contributed by atoms with van der Waals surface area (Å²) in [6.45, 7) is 7.33. The normalized spacial score (nSPS) is 10.4. The molecule has 0 amide bonds. The van der Waals surface area contributed by atoms with E-state index in [1.165, 1.54) is 33.6 Å². The molecule has 2 heteroatoms. The predicted octanol–water partition coefficient (Wildman–Crippen LogP) is 4.29. The standard InChI is InChI=1S/C18H24N2/c1-13-6-7-16(14(2)10-13)12-19-18-9-8-17(20(4)5)11-15(18)3/h6-11,19H,12H2,1-5H3. The molecule has 0 aliphatic rings. The molecule has 0 aliphatic heterocycles. The van der Waals surface area contributed by atoms with Crippen molar-refractivity contribution in [3.63, 3.8) is 0 Å². The zero-order valence-corrected chi connectivity index (χ0v) is 13.1. The third-order valence-corrected chi connectivity index (χ3v) is 3.69. The molecular weight excluding hydrogens is 244 g/mol. The highest BCUT2D eigenvalue weighted by Crippen LogP contribution is 2.22. The molecule has 0 aromatic heterocycles. The van der Waals surface area contributed by atoms with E-state index in [2.05, 4.69) is 81.5 Å². The van der Waals surface area contributed by atoms with Crippen molar-refractivity contribution in [3.8, 4) is 0 Å². The zero-order chi connectivity index (χ0) is 14.7. The maximum Gasteiger partial charge on any atom is 0.0403 e. The zero-order valence-electron chi connectivity index (χ0n) is 13.1. The van der Waals surface area contributed by atoms with Crippen LogP contribution in [-0.4, -0.2) is 14.1 Å². The predicted molar refractivity (Wildman–Crippen MR) is 88.7 cm³/mol. The monoisotopic (exact) mass is 268 g/mol. The van der Waals surface area contributed by atoms with Crippen molar-refractivity contribution in [2.75, 3.05) is 24.3 Å². The molecule has 0 atom stereocenters. The first-order valence-corrected chi connectivity index (χ1v) is 7.05. The summed E-state index contributed by atoms with van der Waals surface area (Å²) in [5.41, 5.74) is 7.74. The van der Waals surface area contributed by atoms with Gasteiger partial charge in [0.1, 0.15) is 0 Å². The van der Waals surface area contributed by atoms with Crippen molar-refractivity contribution in [1.29, 1.82) is 0 Å². The Balaban J connectivity index is 2.11. The van der Waals surface area contributed by atoms with Crippen LogP contribution in [0.15, 0.2) is 36.4 Å². The van der Waals surface area contributed by atoms with Crippen LogP contribution in [0, 0.1) is 20.8 Å². The minimum atomic E-state index is 0.869. The summed E-state index contributed by atoms with van der Waals surface area (Å²) in [5.74, 6) is 0. The molecule has 0 radical (unpaired) electrons. The molecule has 0 heterocycles. The van der Waals surface area contributed by atoms with E-state index < -0.39 is 0 Å². The number of rotatable bonds is 4. The topological polar surface area (TPSA) is 15.3 Å². The number of benzene rings is 2. The lowest BCUT2D eigenvalue weighted by Crippen LogP contribution is -2.09. The van der Waals surface area contributed by atoms with Gasteiger partial charge in [-0.25, -0.2) is 0 Å². The van der Waals surface area contributed by atoms with Crippen LogP contribution in [0.4, 0.5) is 11.4 Å². The molecule has 2 rings (SSSR count). The second kappa shape index (κ2) is 6.00. The molecule has 0 aliphatic carbocycles. The van der Waals surface area contributed by atoms with E-state index in [1.54, 1.807) is 0 Å². The van der Waals surface area contributed by atoms with Crippen molar-refractivity contribution in [2.24, 2.45) is 0 Å². The average Bonchev–Trinajstić information content (AvgIpc) is 2.38. The molecule has 1 N–H and O–H groups in total. The van der Waals surface area contributed by atoms with Gasteiger partial charge >= 0.3 is 0 Å². The van der Waals surface area contributed by atoms with Crippen LogP contribution in [0.2, 0.25) is 0 Å². The minimum absolute atomic E-state index is 0.869. The quantitative estimate of drug-likeness (QED) is 0.890. The molecule has 2 nitrogen and oxygen atoms in total. The van der Waals surface area contributed by atoms with E-state index in [0.717, 1.165) is 6.54 Å². The first kappa shape index (κ1) is 14.4. The van der Waals surface area contributed by atoms with Gasteiger partial charge in [0.05, 0.1) is 0 Å². The van der Waals surface area contributed by atoms with Crippen LogP contribution in [0.3, 0.4) is 0 Å². The number of nitrogens with zero attached hydrogens (tertiary/aromatic N) is 1. The van der Waals surface area contributed by atoms with Gasteiger partial charge in [0.15, 0.2) is 0 Å². The van der Waals surface area contributed by atoms with Gasteiger partial charge in [-0.3, -0.25) is 0 Å². The Morgan fingerprint density at radius 3 is 2.25 bits per heavy atom. The summed E-state index contributed by atoms with van der Waals surface area (Å²) in [6, 6.07) is 13.1. The highest BCUT2D eigenvalue weighted by molar-refractivity contribution is 5.60. The summed E-state index contributed by atoms with van der Waals surface area (Å²) in [6.07, 6.45) is 0. The smallest absolute Gasteiger partial charge is 0.0403 e. The third-order valence-electron chi connectivity index (χ3n) is 3.69. The van der Waals surface area contributed by atoms with Crippen molar-refractivity contribution >= 4 is 11.4 Å². The minimum Gasteiger partial charge on any atom is -0.381 e. The van der Waals surface area contributed by atoms with Crippen LogP contribution in [0.5, 0.6) is 0 Å². The molecule has 106 valence electrons. The fourth-order valence-electron chi connectivity index (χ4n) is 2.36. The van der Waals surface area contributed by atoms with Gasteiger partial charge in [-0.1, -0.05) is 23.8 Å². The maximum atomic E-state index is 3.54. The lowest BCUT2D eigenvalue weighted by molar-refractivity contribution is 1.10. The number of nitrogens with one attached hydrogen (secondary N) is 1. The van der Waals surface area contributed by atoms with Crippen LogP contribution in [-0.2, 0) is 6.54 Å². The Labute approximate surface area is 122 Å². The molecule has 2 aromatic carbocycles. The van der Waals surface area contributed by atoms with E-state index in [4.69, 9.17) is 0 Å². The lowest BCUT2D eigenvalue weighted by atomic mass is 10.1. The van der Waals surface area contributed by atoms with Crippen LogP contribution >= 0.6 is 0 Å². The summed E-state index contributed by atoms with van der Waals surface area (Å²) in [7, 11) is 4.13. The van der Waals surface area contributed by atoms with Crippen molar-refractivity contribution < 1.29 is 0 Å². The molecule has 0 bridgehead atoms. The maximum absolute atomic E-state index is 3.54. The Bertz CT molecular complexity index is 600. The summed E-state index contributed by atoms with van der Waals surface area (Å²) >= 11 is 0. The Morgan fingerprint density at radius 2 is 1.65 bits per heavy atom. The number of anilines is 2. The highest BCUT2D eigenvalue weighted by Gasteiger charge is 2.03. The molecule has 20 heavy (non-hydrogen) atoms. The van der Waals surface area contributed by atoms with Crippen LogP contribution < -0.4 is 10.2 Å². The van der Waals surface area contributed by atoms with E-state index in [9.17, 15) is 0 Å². The van der Waals surface area contributed by atoms with Gasteiger partial charge in [0.25, 0.3) is 0 Å². The molecule has 0 spiro atoms. The number of hydrogen-bond donors (Lipinski definition) is 1. The molecular formula is C18H24N2. The molecule has 2 aromatic rings.